The Hall–Kier alpha value is -2.04. The number of carbonyl (C=O) groups excluding carboxylic acids is 1. The smallest absolute Gasteiger partial charge is 0.328 e. The summed E-state index contributed by atoms with van der Waals surface area (Å²) in [5.41, 5.74) is 8.03. The molecular formula is C13H20N4O. The number of urea groups is 1. The van der Waals surface area contributed by atoms with Crippen molar-refractivity contribution < 1.29 is 4.79 Å². The van der Waals surface area contributed by atoms with Crippen molar-refractivity contribution in [3.05, 3.63) is 29.3 Å². The Kier molecular flexibility index (Phi) is 4.71. The average Bonchev–Trinajstić information content (AvgIpc) is 2.30. The minimum absolute atomic E-state index is 0.277. The van der Waals surface area contributed by atoms with Gasteiger partial charge in [0.2, 0.25) is 5.96 Å². The molecule has 0 aliphatic carbocycles. The van der Waals surface area contributed by atoms with Crippen LogP contribution in [0.2, 0.25) is 0 Å². The van der Waals surface area contributed by atoms with Gasteiger partial charge in [-0.1, -0.05) is 25.1 Å². The molecule has 5 heteroatoms. The fourth-order valence-corrected chi connectivity index (χ4v) is 1.80. The first-order valence-corrected chi connectivity index (χ1v) is 5.97. The minimum Gasteiger partial charge on any atom is -0.369 e. The normalized spacial score (nSPS) is 9.94. The van der Waals surface area contributed by atoms with Crippen LogP contribution in [0.5, 0.6) is 0 Å². The van der Waals surface area contributed by atoms with E-state index in [1.807, 2.05) is 39.0 Å². The fourth-order valence-electron chi connectivity index (χ4n) is 1.80. The Morgan fingerprint density at radius 3 is 2.39 bits per heavy atom. The Balaban J connectivity index is 3.13. The summed E-state index contributed by atoms with van der Waals surface area (Å²) in [7, 11) is 0. The number of nitrogens with two attached hydrogens (primary N) is 1. The molecule has 5 nitrogen and oxygen atoms in total. The van der Waals surface area contributed by atoms with Gasteiger partial charge in [-0.15, -0.1) is 0 Å². The van der Waals surface area contributed by atoms with Crippen LogP contribution in [0, 0.1) is 19.3 Å². The van der Waals surface area contributed by atoms with Crippen LogP contribution in [-0.2, 0) is 0 Å². The number of hydrogen-bond acceptors (Lipinski definition) is 2. The molecule has 0 radical (unpaired) electrons. The van der Waals surface area contributed by atoms with E-state index < -0.39 is 0 Å². The molecule has 1 aromatic rings. The van der Waals surface area contributed by atoms with Crippen LogP contribution >= 0.6 is 0 Å². The number of anilines is 1. The first-order chi connectivity index (χ1) is 8.49. The maximum absolute atomic E-state index is 12.0. The number of benzene rings is 1. The number of guanidine groups is 1. The molecule has 98 valence electrons. The third kappa shape index (κ3) is 3.00. The third-order valence-corrected chi connectivity index (χ3v) is 2.63. The van der Waals surface area contributed by atoms with E-state index in [2.05, 4.69) is 5.32 Å². The molecule has 0 aliphatic heterocycles. The summed E-state index contributed by atoms with van der Waals surface area (Å²) in [6.07, 6.45) is 0.838. The quantitative estimate of drug-likeness (QED) is 0.565. The predicted molar refractivity (Wildman–Crippen MR) is 74.0 cm³/mol. The molecule has 0 aromatic heterocycles. The van der Waals surface area contributed by atoms with E-state index in [0.717, 1.165) is 17.5 Å². The van der Waals surface area contributed by atoms with Gasteiger partial charge in [0, 0.05) is 6.54 Å². The SMILES string of the molecule is CCCNC(=O)N(C(=N)N)c1c(C)cccc1C. The van der Waals surface area contributed by atoms with Gasteiger partial charge in [-0.25, -0.2) is 9.69 Å². The van der Waals surface area contributed by atoms with E-state index in [0.29, 0.717) is 12.2 Å². The Morgan fingerprint density at radius 2 is 1.94 bits per heavy atom. The number of rotatable bonds is 3. The zero-order chi connectivity index (χ0) is 13.7. The van der Waals surface area contributed by atoms with E-state index in [1.54, 1.807) is 0 Å². The molecule has 1 rings (SSSR count). The topological polar surface area (TPSA) is 82.2 Å². The highest BCUT2D eigenvalue weighted by atomic mass is 16.2. The van der Waals surface area contributed by atoms with Gasteiger partial charge in [0.05, 0.1) is 5.69 Å². The average molecular weight is 248 g/mol. The van der Waals surface area contributed by atoms with Gasteiger partial charge in [-0.2, -0.15) is 0 Å². The summed E-state index contributed by atoms with van der Waals surface area (Å²) < 4.78 is 0. The lowest BCUT2D eigenvalue weighted by Gasteiger charge is -2.24. The second-order valence-electron chi connectivity index (χ2n) is 4.19. The van der Waals surface area contributed by atoms with Crippen molar-refractivity contribution in [1.82, 2.24) is 5.32 Å². The zero-order valence-electron chi connectivity index (χ0n) is 11.1. The molecule has 4 N–H and O–H groups in total. The number of hydrogen-bond donors (Lipinski definition) is 3. The van der Waals surface area contributed by atoms with Crippen molar-refractivity contribution in [2.24, 2.45) is 5.73 Å². The number of amides is 2. The molecule has 1 aromatic carbocycles. The molecule has 2 amide bonds. The van der Waals surface area contributed by atoms with Crippen LogP contribution in [-0.4, -0.2) is 18.5 Å². The van der Waals surface area contributed by atoms with Gasteiger partial charge in [-0.3, -0.25) is 5.41 Å². The molecular weight excluding hydrogens is 228 g/mol. The zero-order valence-corrected chi connectivity index (χ0v) is 11.1. The van der Waals surface area contributed by atoms with Gasteiger partial charge in [0.15, 0.2) is 0 Å². The molecule has 0 fully saturated rings. The highest BCUT2D eigenvalue weighted by molar-refractivity contribution is 6.14. The van der Waals surface area contributed by atoms with E-state index in [1.165, 1.54) is 4.90 Å². The molecule has 0 unspecified atom stereocenters. The largest absolute Gasteiger partial charge is 0.369 e. The summed E-state index contributed by atoms with van der Waals surface area (Å²) in [5, 5.41) is 10.3. The standard InChI is InChI=1S/C13H20N4O/c1-4-8-16-13(18)17(12(14)15)11-9(2)6-5-7-10(11)3/h5-7H,4,8H2,1-3H3,(H3,14,15)(H,16,18). The van der Waals surface area contributed by atoms with Gasteiger partial charge in [0.25, 0.3) is 0 Å². The second kappa shape index (κ2) is 6.05. The number of para-hydroxylation sites is 1. The van der Waals surface area contributed by atoms with Gasteiger partial charge < -0.3 is 11.1 Å². The Morgan fingerprint density at radius 1 is 1.39 bits per heavy atom. The predicted octanol–water partition coefficient (Wildman–Crippen LogP) is 2.12. The maximum atomic E-state index is 12.0. The number of nitrogens with zero attached hydrogens (tertiary/aromatic N) is 1. The molecule has 0 saturated carbocycles. The van der Waals surface area contributed by atoms with E-state index >= 15 is 0 Å². The lowest BCUT2D eigenvalue weighted by atomic mass is 10.1. The second-order valence-corrected chi connectivity index (χ2v) is 4.19. The first-order valence-electron chi connectivity index (χ1n) is 5.97. The number of aryl methyl sites for hydroxylation is 2. The van der Waals surface area contributed by atoms with Crippen LogP contribution < -0.4 is 16.0 Å². The number of nitrogens with one attached hydrogen (secondary N) is 2. The molecule has 0 heterocycles. The van der Waals surface area contributed by atoms with Crippen molar-refractivity contribution in [2.45, 2.75) is 27.2 Å². The van der Waals surface area contributed by atoms with Crippen molar-refractivity contribution >= 4 is 17.7 Å². The monoisotopic (exact) mass is 248 g/mol. The summed E-state index contributed by atoms with van der Waals surface area (Å²) in [4.78, 5) is 13.3. The van der Waals surface area contributed by atoms with Gasteiger partial charge in [0.1, 0.15) is 0 Å². The molecule has 0 saturated heterocycles. The highest BCUT2D eigenvalue weighted by Gasteiger charge is 2.21. The lowest BCUT2D eigenvalue weighted by molar-refractivity contribution is 0.249. The summed E-state index contributed by atoms with van der Waals surface area (Å²) in [5.74, 6) is -0.277. The third-order valence-electron chi connectivity index (χ3n) is 2.63. The van der Waals surface area contributed by atoms with Crippen molar-refractivity contribution in [3.63, 3.8) is 0 Å². The van der Waals surface area contributed by atoms with E-state index in [9.17, 15) is 4.79 Å². The highest BCUT2D eigenvalue weighted by Crippen LogP contribution is 2.24. The van der Waals surface area contributed by atoms with Gasteiger partial charge in [-0.05, 0) is 31.4 Å². The molecule has 0 atom stereocenters. The van der Waals surface area contributed by atoms with Crippen LogP contribution in [0.4, 0.5) is 10.5 Å². The van der Waals surface area contributed by atoms with Crippen molar-refractivity contribution in [3.8, 4) is 0 Å². The maximum Gasteiger partial charge on any atom is 0.328 e. The molecule has 0 bridgehead atoms. The Labute approximate surface area is 107 Å². The summed E-state index contributed by atoms with van der Waals surface area (Å²) >= 11 is 0. The molecule has 0 spiro atoms. The lowest BCUT2D eigenvalue weighted by Crippen LogP contribution is -2.48. The van der Waals surface area contributed by atoms with Crippen LogP contribution in [0.1, 0.15) is 24.5 Å². The summed E-state index contributed by atoms with van der Waals surface area (Å²) in [6.45, 7) is 6.32. The molecule has 0 aliphatic rings. The van der Waals surface area contributed by atoms with Crippen LogP contribution in [0.3, 0.4) is 0 Å². The number of carbonyl (C=O) groups is 1. The summed E-state index contributed by atoms with van der Waals surface area (Å²) in [6, 6.07) is 5.34. The Bertz CT molecular complexity index is 436. The van der Waals surface area contributed by atoms with Crippen molar-refractivity contribution in [2.75, 3.05) is 11.4 Å². The van der Waals surface area contributed by atoms with E-state index in [4.69, 9.17) is 11.1 Å². The fraction of sp³-hybridized carbons (Fsp3) is 0.385. The minimum atomic E-state index is -0.359. The van der Waals surface area contributed by atoms with Crippen molar-refractivity contribution in [1.29, 1.82) is 5.41 Å². The first kappa shape index (κ1) is 14.0. The van der Waals surface area contributed by atoms with Crippen LogP contribution in [0.25, 0.3) is 0 Å². The van der Waals surface area contributed by atoms with Crippen LogP contribution in [0.15, 0.2) is 18.2 Å². The molecule has 18 heavy (non-hydrogen) atoms. The van der Waals surface area contributed by atoms with E-state index in [-0.39, 0.29) is 12.0 Å². The van der Waals surface area contributed by atoms with Gasteiger partial charge >= 0.3 is 6.03 Å².